The average molecular weight is 279 g/mol. The van der Waals surface area contributed by atoms with Gasteiger partial charge in [-0.2, -0.15) is 0 Å². The largest absolute Gasteiger partial charge is 0.389 e. The van der Waals surface area contributed by atoms with Gasteiger partial charge in [0.05, 0.1) is 24.9 Å². The highest BCUT2D eigenvalue weighted by molar-refractivity contribution is 7.80. The number of hydrogen-bond donors (Lipinski definition) is 1. The first-order valence-corrected chi connectivity index (χ1v) is 7.12. The maximum absolute atomic E-state index is 6.01. The lowest BCUT2D eigenvalue weighted by Gasteiger charge is -2.32. The van der Waals surface area contributed by atoms with Gasteiger partial charge in [-0.15, -0.1) is 0 Å². The summed E-state index contributed by atoms with van der Waals surface area (Å²) in [6, 6.07) is 7.88. The Bertz CT molecular complexity index is 440. The molecule has 1 saturated heterocycles. The summed E-state index contributed by atoms with van der Waals surface area (Å²) in [7, 11) is 0. The summed E-state index contributed by atoms with van der Waals surface area (Å²) in [5, 5.41) is 0. The lowest BCUT2D eigenvalue weighted by atomic mass is 10.0. The number of ether oxygens (including phenoxy) is 2. The van der Waals surface area contributed by atoms with E-state index in [0.29, 0.717) is 11.6 Å². The van der Waals surface area contributed by atoms with Crippen molar-refractivity contribution >= 4 is 17.2 Å². The molecule has 2 unspecified atom stereocenters. The fourth-order valence-corrected chi connectivity index (χ4v) is 2.77. The molecule has 2 rings (SSSR count). The minimum absolute atomic E-state index is 0.248. The summed E-state index contributed by atoms with van der Waals surface area (Å²) in [5.74, 6) is 0. The van der Waals surface area contributed by atoms with Crippen molar-refractivity contribution in [3.8, 4) is 0 Å². The first kappa shape index (κ1) is 14.4. The molecule has 19 heavy (non-hydrogen) atoms. The monoisotopic (exact) mass is 279 g/mol. The molecular weight excluding hydrogens is 258 g/mol. The highest BCUT2D eigenvalue weighted by atomic mass is 32.1. The second-order valence-electron chi connectivity index (χ2n) is 5.18. The lowest BCUT2D eigenvalue weighted by molar-refractivity contribution is -0.106. The number of benzene rings is 1. The van der Waals surface area contributed by atoms with Crippen LogP contribution in [0.1, 0.15) is 37.8 Å². The summed E-state index contributed by atoms with van der Waals surface area (Å²) in [6.07, 6.45) is 2.66. The van der Waals surface area contributed by atoms with E-state index in [4.69, 9.17) is 27.4 Å². The average Bonchev–Trinajstić information content (AvgIpc) is 2.35. The number of hydrogen-bond acceptors (Lipinski definition) is 3. The van der Waals surface area contributed by atoms with Crippen LogP contribution in [0.25, 0.3) is 0 Å². The Morgan fingerprint density at radius 3 is 2.58 bits per heavy atom. The van der Waals surface area contributed by atoms with Crippen molar-refractivity contribution in [2.24, 2.45) is 5.73 Å². The van der Waals surface area contributed by atoms with Gasteiger partial charge in [-0.3, -0.25) is 0 Å². The zero-order chi connectivity index (χ0) is 13.8. The standard InChI is InChI=1S/C15H21NO2S/c1-10-7-13(8-11(2)18-10)17-9-12-5-3-4-6-14(12)15(16)19/h3-6,10-11,13H,7-9H2,1-2H3,(H2,16,19). The van der Waals surface area contributed by atoms with Crippen LogP contribution in [-0.2, 0) is 16.1 Å². The maximum atomic E-state index is 6.01. The van der Waals surface area contributed by atoms with Crippen LogP contribution in [-0.4, -0.2) is 23.3 Å². The fraction of sp³-hybridized carbons (Fsp3) is 0.533. The van der Waals surface area contributed by atoms with Crippen molar-refractivity contribution in [1.29, 1.82) is 0 Å². The molecule has 0 saturated carbocycles. The third kappa shape index (κ3) is 4.00. The Labute approximate surface area is 120 Å². The van der Waals surface area contributed by atoms with Gasteiger partial charge in [0, 0.05) is 5.56 Å². The first-order chi connectivity index (χ1) is 9.06. The molecule has 1 aromatic rings. The number of nitrogens with two attached hydrogens (primary N) is 1. The van der Waals surface area contributed by atoms with Crippen LogP contribution in [0.5, 0.6) is 0 Å². The molecule has 2 N–H and O–H groups in total. The van der Waals surface area contributed by atoms with E-state index in [0.717, 1.165) is 24.0 Å². The van der Waals surface area contributed by atoms with Gasteiger partial charge in [0.1, 0.15) is 4.99 Å². The quantitative estimate of drug-likeness (QED) is 0.861. The molecule has 1 fully saturated rings. The van der Waals surface area contributed by atoms with Crippen LogP contribution in [0.4, 0.5) is 0 Å². The van der Waals surface area contributed by atoms with E-state index < -0.39 is 0 Å². The molecule has 0 aromatic heterocycles. The third-order valence-electron chi connectivity index (χ3n) is 3.41. The van der Waals surface area contributed by atoms with Crippen LogP contribution >= 0.6 is 12.2 Å². The van der Waals surface area contributed by atoms with E-state index in [2.05, 4.69) is 13.8 Å². The minimum atomic E-state index is 0.248. The first-order valence-electron chi connectivity index (χ1n) is 6.71. The van der Waals surface area contributed by atoms with Gasteiger partial charge in [-0.1, -0.05) is 36.5 Å². The van der Waals surface area contributed by atoms with Crippen LogP contribution in [0.15, 0.2) is 24.3 Å². The van der Waals surface area contributed by atoms with Gasteiger partial charge in [0.2, 0.25) is 0 Å². The van der Waals surface area contributed by atoms with E-state index in [9.17, 15) is 0 Å². The minimum Gasteiger partial charge on any atom is -0.389 e. The molecule has 0 radical (unpaired) electrons. The Morgan fingerprint density at radius 1 is 1.32 bits per heavy atom. The van der Waals surface area contributed by atoms with Crippen molar-refractivity contribution in [3.63, 3.8) is 0 Å². The molecule has 0 amide bonds. The molecule has 4 heteroatoms. The third-order valence-corrected chi connectivity index (χ3v) is 3.63. The molecule has 104 valence electrons. The summed E-state index contributed by atoms with van der Waals surface area (Å²) in [5.41, 5.74) is 7.69. The van der Waals surface area contributed by atoms with Crippen molar-refractivity contribution in [1.82, 2.24) is 0 Å². The molecule has 1 aliphatic rings. The van der Waals surface area contributed by atoms with Crippen LogP contribution in [0, 0.1) is 0 Å². The predicted octanol–water partition coefficient (Wildman–Crippen LogP) is 2.79. The summed E-state index contributed by atoms with van der Waals surface area (Å²) in [4.78, 5) is 0.424. The second-order valence-corrected chi connectivity index (χ2v) is 5.62. The van der Waals surface area contributed by atoms with Crippen LogP contribution in [0.2, 0.25) is 0 Å². The maximum Gasteiger partial charge on any atom is 0.104 e. The van der Waals surface area contributed by atoms with Gasteiger partial charge >= 0.3 is 0 Å². The topological polar surface area (TPSA) is 44.5 Å². The summed E-state index contributed by atoms with van der Waals surface area (Å²) < 4.78 is 11.7. The smallest absolute Gasteiger partial charge is 0.104 e. The molecule has 1 heterocycles. The van der Waals surface area contributed by atoms with E-state index in [-0.39, 0.29) is 18.3 Å². The van der Waals surface area contributed by atoms with Gasteiger partial charge in [-0.05, 0) is 32.3 Å². The van der Waals surface area contributed by atoms with E-state index >= 15 is 0 Å². The molecule has 1 aromatic carbocycles. The van der Waals surface area contributed by atoms with Gasteiger partial charge in [-0.25, -0.2) is 0 Å². The van der Waals surface area contributed by atoms with Crippen molar-refractivity contribution in [2.75, 3.05) is 0 Å². The van der Waals surface area contributed by atoms with Crippen molar-refractivity contribution < 1.29 is 9.47 Å². The van der Waals surface area contributed by atoms with E-state index in [1.54, 1.807) is 0 Å². The van der Waals surface area contributed by atoms with Crippen molar-refractivity contribution in [2.45, 2.75) is 51.6 Å². The fourth-order valence-electron chi connectivity index (χ4n) is 2.57. The molecule has 0 bridgehead atoms. The number of thiocarbonyl (C=S) groups is 1. The summed E-state index contributed by atoms with van der Waals surface area (Å²) >= 11 is 5.06. The second kappa shape index (κ2) is 6.46. The normalized spacial score (nSPS) is 27.2. The Hall–Kier alpha value is -0.970. The highest BCUT2D eigenvalue weighted by Gasteiger charge is 2.25. The SMILES string of the molecule is CC1CC(OCc2ccccc2C(N)=S)CC(C)O1. The Kier molecular flexibility index (Phi) is 4.91. The van der Waals surface area contributed by atoms with Gasteiger partial charge in [0.15, 0.2) is 0 Å². The molecule has 0 aliphatic carbocycles. The van der Waals surface area contributed by atoms with Gasteiger partial charge in [0.25, 0.3) is 0 Å². The van der Waals surface area contributed by atoms with Crippen LogP contribution in [0.3, 0.4) is 0 Å². The lowest BCUT2D eigenvalue weighted by Crippen LogP contribution is -2.34. The van der Waals surface area contributed by atoms with Crippen molar-refractivity contribution in [3.05, 3.63) is 35.4 Å². The molecule has 2 atom stereocenters. The van der Waals surface area contributed by atoms with Gasteiger partial charge < -0.3 is 15.2 Å². The predicted molar refractivity (Wildman–Crippen MR) is 80.1 cm³/mol. The van der Waals surface area contributed by atoms with E-state index in [1.807, 2.05) is 24.3 Å². The highest BCUT2D eigenvalue weighted by Crippen LogP contribution is 2.23. The van der Waals surface area contributed by atoms with Crippen LogP contribution < -0.4 is 5.73 Å². The molecular formula is C15H21NO2S. The van der Waals surface area contributed by atoms with E-state index in [1.165, 1.54) is 0 Å². The molecule has 0 spiro atoms. The Balaban J connectivity index is 1.97. The zero-order valence-electron chi connectivity index (χ0n) is 11.5. The zero-order valence-corrected chi connectivity index (χ0v) is 12.3. The number of rotatable bonds is 4. The summed E-state index contributed by atoms with van der Waals surface area (Å²) in [6.45, 7) is 4.74. The Morgan fingerprint density at radius 2 is 1.95 bits per heavy atom. The molecule has 1 aliphatic heterocycles. The molecule has 3 nitrogen and oxygen atoms in total.